The highest BCUT2D eigenvalue weighted by Crippen LogP contribution is 2.15. The minimum absolute atomic E-state index is 0.0469. The second-order valence-electron chi connectivity index (χ2n) is 5.82. The first-order valence-corrected chi connectivity index (χ1v) is 10.2. The van der Waals surface area contributed by atoms with Crippen molar-refractivity contribution in [1.82, 2.24) is 10.0 Å². The number of hydrogen-bond donors (Lipinski definition) is 3. The molecule has 0 saturated heterocycles. The molecule has 0 radical (unpaired) electrons. The molecule has 0 aliphatic carbocycles. The van der Waals surface area contributed by atoms with Gasteiger partial charge in [-0.05, 0) is 55.5 Å². The average Bonchev–Trinajstić information content (AvgIpc) is 2.66. The van der Waals surface area contributed by atoms with Crippen LogP contribution in [0.25, 0.3) is 0 Å². The van der Waals surface area contributed by atoms with E-state index in [2.05, 4.69) is 15.4 Å². The van der Waals surface area contributed by atoms with Crippen molar-refractivity contribution in [2.24, 2.45) is 0 Å². The number of ether oxygens (including phenoxy) is 1. The molecule has 8 nitrogen and oxygen atoms in total. The van der Waals surface area contributed by atoms with E-state index in [1.54, 1.807) is 36.4 Å². The molecule has 0 atom stereocenters. The Bertz CT molecular complexity index is 910. The minimum atomic E-state index is -3.67. The Balaban J connectivity index is 1.82. The van der Waals surface area contributed by atoms with Crippen LogP contribution in [0.5, 0.6) is 5.75 Å². The zero-order valence-corrected chi connectivity index (χ0v) is 16.5. The highest BCUT2D eigenvalue weighted by atomic mass is 32.2. The van der Waals surface area contributed by atoms with Gasteiger partial charge in [-0.25, -0.2) is 13.1 Å². The SMILES string of the molecule is CCOc1ccc(S(=O)(=O)NCCNC(=O)c2ccc(NC(C)=O)cc2)cc1. The van der Waals surface area contributed by atoms with Gasteiger partial charge < -0.3 is 15.4 Å². The third-order valence-electron chi connectivity index (χ3n) is 3.62. The lowest BCUT2D eigenvalue weighted by Crippen LogP contribution is -2.34. The molecular weight excluding hydrogens is 382 g/mol. The first-order valence-electron chi connectivity index (χ1n) is 8.70. The molecule has 3 N–H and O–H groups in total. The van der Waals surface area contributed by atoms with E-state index in [0.29, 0.717) is 23.6 Å². The van der Waals surface area contributed by atoms with Crippen LogP contribution in [0.4, 0.5) is 5.69 Å². The Hall–Kier alpha value is -2.91. The van der Waals surface area contributed by atoms with E-state index in [1.807, 2.05) is 6.92 Å². The molecule has 0 bridgehead atoms. The molecule has 0 unspecified atom stereocenters. The number of sulfonamides is 1. The molecular formula is C19H23N3O5S. The van der Waals surface area contributed by atoms with Crippen molar-refractivity contribution in [3.05, 3.63) is 54.1 Å². The average molecular weight is 405 g/mol. The zero-order chi connectivity index (χ0) is 20.6. The van der Waals surface area contributed by atoms with E-state index in [1.165, 1.54) is 19.1 Å². The summed E-state index contributed by atoms with van der Waals surface area (Å²) in [7, 11) is -3.67. The number of anilines is 1. The molecule has 2 amide bonds. The lowest BCUT2D eigenvalue weighted by molar-refractivity contribution is -0.114. The first-order chi connectivity index (χ1) is 13.3. The molecule has 9 heteroatoms. The lowest BCUT2D eigenvalue weighted by atomic mass is 10.2. The fourth-order valence-electron chi connectivity index (χ4n) is 2.34. The van der Waals surface area contributed by atoms with Gasteiger partial charge in [-0.15, -0.1) is 0 Å². The van der Waals surface area contributed by atoms with Crippen LogP contribution < -0.4 is 20.1 Å². The van der Waals surface area contributed by atoms with Gasteiger partial charge in [-0.2, -0.15) is 0 Å². The van der Waals surface area contributed by atoms with Crippen molar-refractivity contribution in [3.63, 3.8) is 0 Å². The van der Waals surface area contributed by atoms with Crippen LogP contribution in [-0.4, -0.2) is 39.9 Å². The first kappa shape index (κ1) is 21.4. The predicted molar refractivity (Wildman–Crippen MR) is 106 cm³/mol. The molecule has 2 aromatic carbocycles. The van der Waals surface area contributed by atoms with Crippen molar-refractivity contribution in [2.75, 3.05) is 25.0 Å². The van der Waals surface area contributed by atoms with Gasteiger partial charge in [-0.3, -0.25) is 9.59 Å². The number of carbonyl (C=O) groups is 2. The summed E-state index contributed by atoms with van der Waals surface area (Å²) < 4.78 is 32.2. The topological polar surface area (TPSA) is 114 Å². The molecule has 0 heterocycles. The summed E-state index contributed by atoms with van der Waals surface area (Å²) in [6.45, 7) is 3.92. The van der Waals surface area contributed by atoms with Gasteiger partial charge in [0.2, 0.25) is 15.9 Å². The Kier molecular flexibility index (Phi) is 7.53. The molecule has 0 fully saturated rings. The summed E-state index contributed by atoms with van der Waals surface area (Å²) in [5, 5.41) is 5.25. The van der Waals surface area contributed by atoms with Crippen LogP contribution in [0.1, 0.15) is 24.2 Å². The standard InChI is InChI=1S/C19H23N3O5S/c1-3-27-17-8-10-18(11-9-17)28(25,26)21-13-12-20-19(24)15-4-6-16(7-5-15)22-14(2)23/h4-11,21H,3,12-13H2,1-2H3,(H,20,24)(H,22,23). The number of hydrogen-bond acceptors (Lipinski definition) is 5. The van der Waals surface area contributed by atoms with Gasteiger partial charge >= 0.3 is 0 Å². The van der Waals surface area contributed by atoms with Gasteiger partial charge in [-0.1, -0.05) is 0 Å². The maximum Gasteiger partial charge on any atom is 0.251 e. The van der Waals surface area contributed by atoms with Crippen LogP contribution in [0.15, 0.2) is 53.4 Å². The third-order valence-corrected chi connectivity index (χ3v) is 5.09. The van der Waals surface area contributed by atoms with E-state index >= 15 is 0 Å². The molecule has 2 rings (SSSR count). The smallest absolute Gasteiger partial charge is 0.251 e. The third kappa shape index (κ3) is 6.36. The van der Waals surface area contributed by atoms with Gasteiger partial charge in [0.1, 0.15) is 5.75 Å². The summed E-state index contributed by atoms with van der Waals surface area (Å²) in [6.07, 6.45) is 0. The number of rotatable bonds is 9. The Morgan fingerprint density at radius 3 is 2.18 bits per heavy atom. The van der Waals surface area contributed by atoms with Crippen LogP contribution >= 0.6 is 0 Å². The van der Waals surface area contributed by atoms with Gasteiger partial charge in [0, 0.05) is 31.3 Å². The monoisotopic (exact) mass is 405 g/mol. The van der Waals surface area contributed by atoms with Gasteiger partial charge in [0.05, 0.1) is 11.5 Å². The van der Waals surface area contributed by atoms with E-state index < -0.39 is 10.0 Å². The fourth-order valence-corrected chi connectivity index (χ4v) is 3.37. The predicted octanol–water partition coefficient (Wildman–Crippen LogP) is 1.75. The summed E-state index contributed by atoms with van der Waals surface area (Å²) in [5.74, 6) is 0.0601. The van der Waals surface area contributed by atoms with Gasteiger partial charge in [0.15, 0.2) is 0 Å². The van der Waals surface area contributed by atoms with Crippen molar-refractivity contribution >= 4 is 27.5 Å². The van der Waals surface area contributed by atoms with E-state index in [4.69, 9.17) is 4.74 Å². The molecule has 2 aromatic rings. The zero-order valence-electron chi connectivity index (χ0n) is 15.7. The quantitative estimate of drug-likeness (QED) is 0.550. The molecule has 150 valence electrons. The molecule has 28 heavy (non-hydrogen) atoms. The summed E-state index contributed by atoms with van der Waals surface area (Å²) in [4.78, 5) is 23.2. The van der Waals surface area contributed by atoms with Crippen molar-refractivity contribution in [2.45, 2.75) is 18.7 Å². The van der Waals surface area contributed by atoms with E-state index in [-0.39, 0.29) is 29.8 Å². The molecule has 0 saturated carbocycles. The molecule has 0 aliphatic heterocycles. The number of nitrogens with one attached hydrogen (secondary N) is 3. The van der Waals surface area contributed by atoms with Crippen molar-refractivity contribution in [3.8, 4) is 5.75 Å². The molecule has 0 aliphatic rings. The lowest BCUT2D eigenvalue weighted by Gasteiger charge is -2.09. The normalized spacial score (nSPS) is 10.9. The van der Waals surface area contributed by atoms with E-state index in [0.717, 1.165) is 0 Å². The van der Waals surface area contributed by atoms with Crippen LogP contribution in [0.2, 0.25) is 0 Å². The number of amides is 2. The molecule has 0 aromatic heterocycles. The number of carbonyl (C=O) groups excluding carboxylic acids is 2. The summed E-state index contributed by atoms with van der Waals surface area (Å²) >= 11 is 0. The van der Waals surface area contributed by atoms with Crippen LogP contribution in [0.3, 0.4) is 0 Å². The largest absolute Gasteiger partial charge is 0.494 e. The minimum Gasteiger partial charge on any atom is -0.494 e. The van der Waals surface area contributed by atoms with Crippen molar-refractivity contribution in [1.29, 1.82) is 0 Å². The Morgan fingerprint density at radius 1 is 0.964 bits per heavy atom. The van der Waals surface area contributed by atoms with Crippen LogP contribution in [0, 0.1) is 0 Å². The highest BCUT2D eigenvalue weighted by Gasteiger charge is 2.13. The Morgan fingerprint density at radius 2 is 1.61 bits per heavy atom. The van der Waals surface area contributed by atoms with Crippen LogP contribution in [-0.2, 0) is 14.8 Å². The Labute approximate surface area is 164 Å². The molecule has 0 spiro atoms. The maximum atomic E-state index is 12.2. The summed E-state index contributed by atoms with van der Waals surface area (Å²) in [6, 6.07) is 12.5. The second-order valence-corrected chi connectivity index (χ2v) is 7.58. The highest BCUT2D eigenvalue weighted by molar-refractivity contribution is 7.89. The van der Waals surface area contributed by atoms with Gasteiger partial charge in [0.25, 0.3) is 5.91 Å². The van der Waals surface area contributed by atoms with E-state index in [9.17, 15) is 18.0 Å². The maximum absolute atomic E-state index is 12.2. The number of benzene rings is 2. The second kappa shape index (κ2) is 9.86. The van der Waals surface area contributed by atoms with Crippen molar-refractivity contribution < 1.29 is 22.7 Å². The fraction of sp³-hybridized carbons (Fsp3) is 0.263. The summed E-state index contributed by atoms with van der Waals surface area (Å²) in [5.41, 5.74) is 0.996.